The van der Waals surface area contributed by atoms with Gasteiger partial charge in [-0.25, -0.2) is 18.9 Å². The zero-order chi connectivity index (χ0) is 20.0. The number of nitrogens with zero attached hydrogens (tertiary/aromatic N) is 6. The molecule has 9 nitrogen and oxygen atoms in total. The lowest BCUT2D eigenvalue weighted by Crippen LogP contribution is -2.10. The van der Waals surface area contributed by atoms with Crippen LogP contribution in [0.5, 0.6) is 5.88 Å². The molecule has 0 saturated carbocycles. The number of carboxylic acid groups (broad SMARTS) is 1. The van der Waals surface area contributed by atoms with Crippen LogP contribution >= 0.6 is 11.6 Å². The van der Waals surface area contributed by atoms with Gasteiger partial charge < -0.3 is 10.2 Å². The van der Waals surface area contributed by atoms with Gasteiger partial charge in [-0.05, 0) is 24.6 Å². The van der Waals surface area contributed by atoms with E-state index in [9.17, 15) is 14.3 Å². The van der Waals surface area contributed by atoms with Crippen LogP contribution in [0.25, 0.3) is 17.0 Å². The lowest BCUT2D eigenvalue weighted by atomic mass is 10.1. The SMILES string of the molecule is C[C@H](c1ccc(Cl)c(F)c1)n1ncc2nc(-n3cc(C(=O)O)cn3)nc(O)c21. The van der Waals surface area contributed by atoms with Crippen molar-refractivity contribution in [2.45, 2.75) is 13.0 Å². The molecule has 0 aliphatic rings. The summed E-state index contributed by atoms with van der Waals surface area (Å²) < 4.78 is 16.4. The first-order chi connectivity index (χ1) is 13.3. The molecule has 0 amide bonds. The van der Waals surface area contributed by atoms with Gasteiger partial charge >= 0.3 is 5.97 Å². The van der Waals surface area contributed by atoms with E-state index in [1.807, 2.05) is 0 Å². The van der Waals surface area contributed by atoms with Gasteiger partial charge in [0.2, 0.25) is 5.88 Å². The molecule has 2 N–H and O–H groups in total. The summed E-state index contributed by atoms with van der Waals surface area (Å²) in [6, 6.07) is 3.96. The summed E-state index contributed by atoms with van der Waals surface area (Å²) in [5, 5.41) is 27.5. The number of carboxylic acids is 1. The van der Waals surface area contributed by atoms with Crippen LogP contribution in [0.3, 0.4) is 0 Å². The van der Waals surface area contributed by atoms with Crippen LogP contribution in [0.15, 0.2) is 36.8 Å². The number of halogens is 2. The lowest BCUT2D eigenvalue weighted by molar-refractivity contribution is 0.0697. The first-order valence-electron chi connectivity index (χ1n) is 8.02. The van der Waals surface area contributed by atoms with Gasteiger partial charge in [0.25, 0.3) is 5.95 Å². The van der Waals surface area contributed by atoms with Gasteiger partial charge in [0.05, 0.1) is 29.0 Å². The second-order valence-corrected chi connectivity index (χ2v) is 6.41. The van der Waals surface area contributed by atoms with Crippen LogP contribution in [0.2, 0.25) is 5.02 Å². The quantitative estimate of drug-likeness (QED) is 0.538. The molecule has 1 aromatic carbocycles. The summed E-state index contributed by atoms with van der Waals surface area (Å²) >= 11 is 5.73. The molecular weight excluding hydrogens is 391 g/mol. The maximum Gasteiger partial charge on any atom is 0.338 e. The summed E-state index contributed by atoms with van der Waals surface area (Å²) in [5.41, 5.74) is 1.11. The molecule has 11 heteroatoms. The predicted octanol–water partition coefficient (Wildman–Crippen LogP) is 2.82. The van der Waals surface area contributed by atoms with Crippen molar-refractivity contribution in [3.63, 3.8) is 0 Å². The highest BCUT2D eigenvalue weighted by atomic mass is 35.5. The Morgan fingerprint density at radius 3 is 2.71 bits per heavy atom. The number of carbonyl (C=O) groups is 1. The van der Waals surface area contributed by atoms with E-state index in [2.05, 4.69) is 20.2 Å². The van der Waals surface area contributed by atoms with E-state index in [1.54, 1.807) is 13.0 Å². The third-order valence-corrected chi connectivity index (χ3v) is 4.55. The van der Waals surface area contributed by atoms with Crippen molar-refractivity contribution in [2.75, 3.05) is 0 Å². The number of aromatic nitrogens is 6. The molecule has 28 heavy (non-hydrogen) atoms. The Balaban J connectivity index is 1.77. The highest BCUT2D eigenvalue weighted by Gasteiger charge is 2.20. The van der Waals surface area contributed by atoms with Crippen molar-refractivity contribution in [1.82, 2.24) is 29.5 Å². The van der Waals surface area contributed by atoms with Crippen LogP contribution in [0.4, 0.5) is 4.39 Å². The van der Waals surface area contributed by atoms with Gasteiger partial charge in [-0.3, -0.25) is 4.68 Å². The molecule has 0 saturated heterocycles. The van der Waals surface area contributed by atoms with E-state index in [1.165, 1.54) is 29.2 Å². The van der Waals surface area contributed by atoms with Gasteiger partial charge in [0, 0.05) is 6.20 Å². The van der Waals surface area contributed by atoms with E-state index in [4.69, 9.17) is 16.7 Å². The Morgan fingerprint density at radius 1 is 1.25 bits per heavy atom. The molecule has 1 atom stereocenters. The van der Waals surface area contributed by atoms with E-state index in [0.29, 0.717) is 11.1 Å². The van der Waals surface area contributed by atoms with Gasteiger partial charge in [-0.2, -0.15) is 15.2 Å². The van der Waals surface area contributed by atoms with Crippen LogP contribution in [-0.4, -0.2) is 45.7 Å². The minimum atomic E-state index is -1.15. The van der Waals surface area contributed by atoms with Crippen LogP contribution in [-0.2, 0) is 0 Å². The second-order valence-electron chi connectivity index (χ2n) is 6.00. The van der Waals surface area contributed by atoms with Crippen LogP contribution in [0, 0.1) is 5.82 Å². The lowest BCUT2D eigenvalue weighted by Gasteiger charge is -2.14. The second kappa shape index (κ2) is 6.57. The Bertz CT molecular complexity index is 1220. The number of aromatic carboxylic acids is 1. The first-order valence-corrected chi connectivity index (χ1v) is 8.40. The van der Waals surface area contributed by atoms with Crippen molar-refractivity contribution in [3.8, 4) is 11.8 Å². The zero-order valence-corrected chi connectivity index (χ0v) is 15.0. The molecule has 3 aromatic heterocycles. The van der Waals surface area contributed by atoms with E-state index < -0.39 is 17.8 Å². The Kier molecular flexibility index (Phi) is 4.19. The maximum absolute atomic E-state index is 13.8. The van der Waals surface area contributed by atoms with Crippen molar-refractivity contribution in [2.24, 2.45) is 0 Å². The Hall–Kier alpha value is -3.53. The molecule has 0 radical (unpaired) electrons. The fourth-order valence-corrected chi connectivity index (χ4v) is 2.90. The number of hydrogen-bond donors (Lipinski definition) is 2. The highest BCUT2D eigenvalue weighted by molar-refractivity contribution is 6.30. The number of fused-ring (bicyclic) bond motifs is 1. The third kappa shape index (κ3) is 2.93. The molecule has 3 heterocycles. The Morgan fingerprint density at radius 2 is 2.04 bits per heavy atom. The molecule has 0 fully saturated rings. The van der Waals surface area contributed by atoms with Crippen LogP contribution < -0.4 is 0 Å². The predicted molar refractivity (Wildman–Crippen MR) is 96.3 cm³/mol. The maximum atomic E-state index is 13.8. The molecule has 0 spiro atoms. The minimum absolute atomic E-state index is 0.0112. The summed E-state index contributed by atoms with van der Waals surface area (Å²) in [6.45, 7) is 1.77. The topological polar surface area (TPSA) is 119 Å². The van der Waals surface area contributed by atoms with E-state index >= 15 is 0 Å². The third-order valence-electron chi connectivity index (χ3n) is 4.24. The van der Waals surface area contributed by atoms with Crippen molar-refractivity contribution >= 4 is 28.6 Å². The van der Waals surface area contributed by atoms with Gasteiger partial charge in [0.15, 0.2) is 0 Å². The average Bonchev–Trinajstić information content (AvgIpc) is 3.30. The molecule has 0 unspecified atom stereocenters. The standard InChI is InChI=1S/C17H12ClFN6O3/c1-8(9-2-3-11(18)12(19)4-9)25-14-13(6-21-25)22-17(23-15(14)26)24-7-10(5-20-24)16(27)28/h2-8H,1H3,(H,27,28)(H,22,23,26)/t8-/m1/s1. The summed E-state index contributed by atoms with van der Waals surface area (Å²) in [7, 11) is 0. The van der Waals surface area contributed by atoms with Crippen molar-refractivity contribution < 1.29 is 19.4 Å². The first kappa shape index (κ1) is 17.9. The van der Waals surface area contributed by atoms with Gasteiger partial charge in [0.1, 0.15) is 16.9 Å². The fourth-order valence-electron chi connectivity index (χ4n) is 2.78. The Labute approximate surface area is 161 Å². The summed E-state index contributed by atoms with van der Waals surface area (Å²) in [4.78, 5) is 19.2. The van der Waals surface area contributed by atoms with E-state index in [-0.39, 0.29) is 27.9 Å². The molecule has 4 rings (SSSR count). The van der Waals surface area contributed by atoms with Crippen LogP contribution in [0.1, 0.15) is 28.9 Å². The largest absolute Gasteiger partial charge is 0.492 e. The molecule has 4 aromatic rings. The molecule has 0 aliphatic carbocycles. The molecule has 142 valence electrons. The average molecular weight is 403 g/mol. The zero-order valence-electron chi connectivity index (χ0n) is 14.3. The smallest absolute Gasteiger partial charge is 0.338 e. The highest BCUT2D eigenvalue weighted by Crippen LogP contribution is 2.29. The van der Waals surface area contributed by atoms with Gasteiger partial charge in [-0.1, -0.05) is 17.7 Å². The number of rotatable bonds is 4. The summed E-state index contributed by atoms with van der Waals surface area (Å²) in [6.07, 6.45) is 3.80. The minimum Gasteiger partial charge on any atom is -0.492 e. The van der Waals surface area contributed by atoms with E-state index in [0.717, 1.165) is 10.9 Å². The number of aromatic hydroxyl groups is 1. The molecule has 0 aliphatic heterocycles. The summed E-state index contributed by atoms with van der Waals surface area (Å²) in [5.74, 6) is -2.08. The van der Waals surface area contributed by atoms with Gasteiger partial charge in [-0.15, -0.1) is 0 Å². The number of hydrogen-bond acceptors (Lipinski definition) is 6. The van der Waals surface area contributed by atoms with Crippen molar-refractivity contribution in [3.05, 3.63) is 58.8 Å². The normalized spacial score (nSPS) is 12.4. The van der Waals surface area contributed by atoms with Crippen molar-refractivity contribution in [1.29, 1.82) is 0 Å². The molecule has 0 bridgehead atoms. The molecular formula is C17H12ClFN6O3. The number of benzene rings is 1. The fraction of sp³-hybridized carbons (Fsp3) is 0.118. The monoisotopic (exact) mass is 402 g/mol.